The monoisotopic (exact) mass is 448 g/mol. The first-order chi connectivity index (χ1) is 16.0. The zero-order valence-electron chi connectivity index (χ0n) is 19.3. The second-order valence-electron chi connectivity index (χ2n) is 10.4. The maximum absolute atomic E-state index is 13.0. The van der Waals surface area contributed by atoms with E-state index in [0.29, 0.717) is 38.0 Å². The molecular weight excluding hydrogens is 416 g/mol. The van der Waals surface area contributed by atoms with Gasteiger partial charge in [-0.25, -0.2) is 9.78 Å². The number of rotatable bonds is 4. The Kier molecular flexibility index (Phi) is 4.92. The van der Waals surface area contributed by atoms with E-state index in [1.165, 1.54) is 18.4 Å². The number of hydrogen-bond donors (Lipinski definition) is 1. The SMILES string of the molecule is CCc1ccc(C(=O)N2CCN(C(=O)N3CC4(CC(c5n[nH]c(C6CC6)n5)C4)C3)CC2)cc1. The Morgan fingerprint density at radius 1 is 0.970 bits per heavy atom. The number of H-pyrrole nitrogens is 1. The predicted octanol–water partition coefficient (Wildman–Crippen LogP) is 3.00. The summed E-state index contributed by atoms with van der Waals surface area (Å²) in [7, 11) is 0. The van der Waals surface area contributed by atoms with Crippen molar-refractivity contribution in [3.8, 4) is 0 Å². The van der Waals surface area contributed by atoms with E-state index in [1.807, 2.05) is 39.0 Å². The fraction of sp³-hybridized carbons (Fsp3) is 0.600. The summed E-state index contributed by atoms with van der Waals surface area (Å²) in [5.41, 5.74) is 2.23. The van der Waals surface area contributed by atoms with Gasteiger partial charge in [-0.15, -0.1) is 0 Å². The number of aromatic nitrogens is 3. The Morgan fingerprint density at radius 3 is 2.27 bits per heavy atom. The van der Waals surface area contributed by atoms with Gasteiger partial charge in [0.25, 0.3) is 5.91 Å². The lowest BCUT2D eigenvalue weighted by atomic mass is 9.57. The van der Waals surface area contributed by atoms with E-state index in [0.717, 1.165) is 49.6 Å². The Hall–Kier alpha value is -2.90. The first kappa shape index (κ1) is 20.7. The molecule has 2 saturated heterocycles. The van der Waals surface area contributed by atoms with Crippen molar-refractivity contribution < 1.29 is 9.59 Å². The average Bonchev–Trinajstić information content (AvgIpc) is 3.54. The summed E-state index contributed by atoms with van der Waals surface area (Å²) in [5, 5.41) is 7.56. The Balaban J connectivity index is 0.963. The molecule has 8 heteroatoms. The Labute approximate surface area is 194 Å². The van der Waals surface area contributed by atoms with E-state index in [9.17, 15) is 9.59 Å². The third-order valence-electron chi connectivity index (χ3n) is 7.98. The highest BCUT2D eigenvalue weighted by Crippen LogP contribution is 2.55. The van der Waals surface area contributed by atoms with Gasteiger partial charge in [0.05, 0.1) is 0 Å². The summed E-state index contributed by atoms with van der Waals surface area (Å²) in [6.45, 7) is 6.17. The number of aryl methyl sites for hydroxylation is 1. The second-order valence-corrected chi connectivity index (χ2v) is 10.4. The van der Waals surface area contributed by atoms with Crippen molar-refractivity contribution in [2.75, 3.05) is 39.3 Å². The van der Waals surface area contributed by atoms with E-state index in [2.05, 4.69) is 17.1 Å². The van der Waals surface area contributed by atoms with Crippen LogP contribution in [0.15, 0.2) is 24.3 Å². The molecule has 1 spiro atoms. The number of nitrogens with one attached hydrogen (secondary N) is 1. The molecule has 3 amide bonds. The molecule has 4 fully saturated rings. The number of benzene rings is 1. The Morgan fingerprint density at radius 2 is 1.64 bits per heavy atom. The van der Waals surface area contributed by atoms with E-state index >= 15 is 0 Å². The van der Waals surface area contributed by atoms with Gasteiger partial charge in [0.2, 0.25) is 0 Å². The van der Waals surface area contributed by atoms with Crippen LogP contribution in [0.4, 0.5) is 4.79 Å². The molecule has 2 aliphatic heterocycles. The normalized spacial score (nSPS) is 22.3. The zero-order chi connectivity index (χ0) is 22.6. The molecule has 8 nitrogen and oxygen atoms in total. The molecule has 6 rings (SSSR count). The van der Waals surface area contributed by atoms with Crippen molar-refractivity contribution in [3.05, 3.63) is 47.0 Å². The largest absolute Gasteiger partial charge is 0.335 e. The molecule has 4 aliphatic rings. The maximum atomic E-state index is 13.0. The van der Waals surface area contributed by atoms with Crippen LogP contribution >= 0.6 is 0 Å². The van der Waals surface area contributed by atoms with Gasteiger partial charge in [0.1, 0.15) is 5.82 Å². The summed E-state index contributed by atoms with van der Waals surface area (Å²) in [6, 6.07) is 7.99. The van der Waals surface area contributed by atoms with Crippen LogP contribution in [-0.2, 0) is 6.42 Å². The maximum Gasteiger partial charge on any atom is 0.320 e. The standard InChI is InChI=1S/C25H32N6O2/c1-2-17-3-5-19(6-4-17)23(32)29-9-11-30(12-10-29)24(33)31-15-25(16-31)13-20(14-25)22-26-21(27-28-22)18-7-8-18/h3-6,18,20H,2,7-16H2,1H3,(H,26,27,28). The van der Waals surface area contributed by atoms with E-state index < -0.39 is 0 Å². The van der Waals surface area contributed by atoms with Crippen molar-refractivity contribution in [3.63, 3.8) is 0 Å². The lowest BCUT2D eigenvalue weighted by Crippen LogP contribution is -2.66. The number of nitrogens with zero attached hydrogens (tertiary/aromatic N) is 5. The minimum Gasteiger partial charge on any atom is -0.335 e. The van der Waals surface area contributed by atoms with Gasteiger partial charge in [0, 0.05) is 62.1 Å². The number of hydrogen-bond acceptors (Lipinski definition) is 4. The molecule has 174 valence electrons. The molecule has 1 N–H and O–H groups in total. The number of likely N-dealkylation sites (tertiary alicyclic amines) is 1. The third-order valence-corrected chi connectivity index (χ3v) is 7.98. The van der Waals surface area contributed by atoms with Gasteiger partial charge >= 0.3 is 6.03 Å². The Bertz CT molecular complexity index is 1040. The first-order valence-corrected chi connectivity index (χ1v) is 12.4. The van der Waals surface area contributed by atoms with Gasteiger partial charge in [-0.3, -0.25) is 9.89 Å². The van der Waals surface area contributed by atoms with Crippen LogP contribution < -0.4 is 0 Å². The van der Waals surface area contributed by atoms with Crippen molar-refractivity contribution in [2.24, 2.45) is 5.41 Å². The third kappa shape index (κ3) is 3.79. The van der Waals surface area contributed by atoms with Crippen LogP contribution in [0.25, 0.3) is 0 Å². The number of urea groups is 1. The number of carbonyl (C=O) groups is 2. The van der Waals surface area contributed by atoms with Crippen molar-refractivity contribution in [1.82, 2.24) is 29.9 Å². The molecule has 2 aromatic rings. The summed E-state index contributed by atoms with van der Waals surface area (Å²) in [5.74, 6) is 3.13. The van der Waals surface area contributed by atoms with Crippen LogP contribution in [0, 0.1) is 5.41 Å². The van der Waals surface area contributed by atoms with E-state index in [1.54, 1.807) is 0 Å². The number of amides is 3. The number of carbonyl (C=O) groups excluding carboxylic acids is 2. The summed E-state index contributed by atoms with van der Waals surface area (Å²) >= 11 is 0. The van der Waals surface area contributed by atoms with Crippen LogP contribution in [0.2, 0.25) is 0 Å². The minimum absolute atomic E-state index is 0.0602. The van der Waals surface area contributed by atoms with Gasteiger partial charge < -0.3 is 14.7 Å². The topological polar surface area (TPSA) is 85.4 Å². The lowest BCUT2D eigenvalue weighted by Gasteiger charge is -2.59. The molecular formula is C25H32N6O2. The van der Waals surface area contributed by atoms with Crippen LogP contribution in [0.5, 0.6) is 0 Å². The molecule has 1 aromatic carbocycles. The highest BCUT2D eigenvalue weighted by Gasteiger charge is 2.55. The molecule has 1 aromatic heterocycles. The summed E-state index contributed by atoms with van der Waals surface area (Å²) in [4.78, 5) is 36.2. The van der Waals surface area contributed by atoms with Crippen LogP contribution in [-0.4, -0.2) is 81.1 Å². The number of piperazine rings is 1. The fourth-order valence-corrected chi connectivity index (χ4v) is 5.70. The minimum atomic E-state index is 0.0602. The highest BCUT2D eigenvalue weighted by atomic mass is 16.2. The second kappa shape index (κ2) is 7.85. The summed E-state index contributed by atoms with van der Waals surface area (Å²) < 4.78 is 0. The van der Waals surface area contributed by atoms with Crippen molar-refractivity contribution in [2.45, 2.75) is 50.9 Å². The first-order valence-electron chi connectivity index (χ1n) is 12.4. The molecule has 2 aliphatic carbocycles. The molecule has 0 radical (unpaired) electrons. The van der Waals surface area contributed by atoms with Gasteiger partial charge in [0.15, 0.2) is 5.82 Å². The zero-order valence-corrected chi connectivity index (χ0v) is 19.3. The van der Waals surface area contributed by atoms with Crippen LogP contribution in [0.1, 0.15) is 72.0 Å². The predicted molar refractivity (Wildman–Crippen MR) is 123 cm³/mol. The summed E-state index contributed by atoms with van der Waals surface area (Å²) in [6.07, 6.45) is 5.59. The molecule has 0 unspecified atom stereocenters. The van der Waals surface area contributed by atoms with E-state index in [-0.39, 0.29) is 17.4 Å². The molecule has 33 heavy (non-hydrogen) atoms. The molecule has 3 heterocycles. The number of aromatic amines is 1. The smallest absolute Gasteiger partial charge is 0.320 e. The van der Waals surface area contributed by atoms with Crippen LogP contribution in [0.3, 0.4) is 0 Å². The lowest BCUT2D eigenvalue weighted by molar-refractivity contribution is -0.0577. The average molecular weight is 449 g/mol. The van der Waals surface area contributed by atoms with Crippen molar-refractivity contribution >= 4 is 11.9 Å². The van der Waals surface area contributed by atoms with Crippen molar-refractivity contribution in [1.29, 1.82) is 0 Å². The highest BCUT2D eigenvalue weighted by molar-refractivity contribution is 5.94. The van der Waals surface area contributed by atoms with Gasteiger partial charge in [-0.1, -0.05) is 19.1 Å². The molecule has 2 saturated carbocycles. The van der Waals surface area contributed by atoms with Gasteiger partial charge in [-0.2, -0.15) is 5.10 Å². The molecule has 0 atom stereocenters. The van der Waals surface area contributed by atoms with Gasteiger partial charge in [-0.05, 0) is 49.8 Å². The van der Waals surface area contributed by atoms with E-state index in [4.69, 9.17) is 4.98 Å². The quantitative estimate of drug-likeness (QED) is 0.779. The molecule has 0 bridgehead atoms. The fourth-order valence-electron chi connectivity index (χ4n) is 5.70.